The third kappa shape index (κ3) is 4.91. The number of benzene rings is 3. The van der Waals surface area contributed by atoms with E-state index in [1.54, 1.807) is 12.1 Å². The molecule has 1 N–H and O–H groups in total. The van der Waals surface area contributed by atoms with Gasteiger partial charge in [0.15, 0.2) is 0 Å². The van der Waals surface area contributed by atoms with Crippen molar-refractivity contribution in [3.63, 3.8) is 0 Å². The molecule has 1 aliphatic rings. The van der Waals surface area contributed by atoms with E-state index in [9.17, 15) is 8.42 Å². The Labute approximate surface area is 196 Å². The maximum absolute atomic E-state index is 12.7. The molecule has 1 atom stereocenters. The highest BCUT2D eigenvalue weighted by molar-refractivity contribution is 7.91. The largest absolute Gasteiger partial charge is 0.263 e. The second-order valence-electron chi connectivity index (χ2n) is 6.90. The van der Waals surface area contributed by atoms with Gasteiger partial charge in [-0.1, -0.05) is 65.7 Å². The topological polar surface area (TPSA) is 61.8 Å². The summed E-state index contributed by atoms with van der Waals surface area (Å²) < 4.78 is 27.9. The standard InChI is InChI=1S/C22H17Cl2N3O2S2/c23-17-8-6-16(7-9-17)21-20(15-4-2-1-3-5-15)14-27(25-21)22(30)26-31(28,29)19-12-10-18(24)11-13-19/h1-13,20H,14H2,(H,26,30)/t20-/m1/s1. The van der Waals surface area contributed by atoms with Crippen LogP contribution in [0.5, 0.6) is 0 Å². The van der Waals surface area contributed by atoms with Crippen LogP contribution in [0.2, 0.25) is 10.0 Å². The van der Waals surface area contributed by atoms with Crippen molar-refractivity contribution >= 4 is 56.3 Å². The zero-order valence-corrected chi connectivity index (χ0v) is 19.2. The van der Waals surface area contributed by atoms with Gasteiger partial charge < -0.3 is 0 Å². The Morgan fingerprint density at radius 1 is 0.935 bits per heavy atom. The second kappa shape index (κ2) is 8.96. The number of halogens is 2. The molecule has 0 spiro atoms. The molecule has 3 aromatic carbocycles. The minimum absolute atomic E-state index is 0.000144. The fraction of sp³-hybridized carbons (Fsp3) is 0.0909. The molecule has 0 fully saturated rings. The summed E-state index contributed by atoms with van der Waals surface area (Å²) in [5.41, 5.74) is 2.74. The lowest BCUT2D eigenvalue weighted by atomic mass is 9.91. The summed E-state index contributed by atoms with van der Waals surface area (Å²) in [6.45, 7) is 0.407. The number of nitrogens with one attached hydrogen (secondary N) is 1. The zero-order chi connectivity index (χ0) is 22.0. The van der Waals surface area contributed by atoms with Gasteiger partial charge in [0.2, 0.25) is 5.11 Å². The number of rotatable bonds is 4. The maximum atomic E-state index is 12.7. The third-order valence-electron chi connectivity index (χ3n) is 4.84. The number of hydrazone groups is 1. The molecule has 0 amide bonds. The molecule has 0 bridgehead atoms. The molecule has 0 radical (unpaired) electrons. The van der Waals surface area contributed by atoms with Crippen molar-refractivity contribution in [2.75, 3.05) is 6.54 Å². The quantitative estimate of drug-likeness (QED) is 0.520. The van der Waals surface area contributed by atoms with Gasteiger partial charge in [-0.2, -0.15) is 5.10 Å². The molecule has 0 aromatic heterocycles. The number of hydrogen-bond acceptors (Lipinski definition) is 4. The SMILES string of the molecule is O=S(=O)(NC(=S)N1C[C@H](c2ccccc2)C(c2ccc(Cl)cc2)=N1)c1ccc(Cl)cc1. The average Bonchev–Trinajstić information content (AvgIpc) is 3.21. The highest BCUT2D eigenvalue weighted by Crippen LogP contribution is 2.29. The normalized spacial score (nSPS) is 16.1. The Balaban J connectivity index is 1.62. The summed E-state index contributed by atoms with van der Waals surface area (Å²) >= 11 is 17.3. The van der Waals surface area contributed by atoms with Crippen LogP contribution < -0.4 is 4.72 Å². The van der Waals surface area contributed by atoms with Gasteiger partial charge in [-0.15, -0.1) is 0 Å². The van der Waals surface area contributed by atoms with E-state index in [1.165, 1.54) is 29.3 Å². The molecule has 1 aliphatic heterocycles. The van der Waals surface area contributed by atoms with Gasteiger partial charge in [-0.05, 0) is 59.7 Å². The van der Waals surface area contributed by atoms with Crippen molar-refractivity contribution in [2.24, 2.45) is 5.10 Å². The Hall–Kier alpha value is -2.45. The Morgan fingerprint density at radius 3 is 2.13 bits per heavy atom. The molecular weight excluding hydrogens is 473 g/mol. The first-order valence-electron chi connectivity index (χ1n) is 9.33. The Kier molecular flexibility index (Phi) is 6.29. The molecule has 158 valence electrons. The van der Waals surface area contributed by atoms with Gasteiger partial charge in [-0.25, -0.2) is 13.4 Å². The van der Waals surface area contributed by atoms with E-state index >= 15 is 0 Å². The lowest BCUT2D eigenvalue weighted by molar-refractivity contribution is 0.472. The van der Waals surface area contributed by atoms with Crippen molar-refractivity contribution in [1.82, 2.24) is 9.73 Å². The maximum Gasteiger partial charge on any atom is 0.263 e. The van der Waals surface area contributed by atoms with Crippen LogP contribution in [0.3, 0.4) is 0 Å². The smallest absolute Gasteiger partial charge is 0.254 e. The number of hydrogen-bond donors (Lipinski definition) is 1. The number of nitrogens with zero attached hydrogens (tertiary/aromatic N) is 2. The first-order valence-corrected chi connectivity index (χ1v) is 12.0. The number of sulfonamides is 1. The first-order chi connectivity index (χ1) is 14.8. The molecular formula is C22H17Cl2N3O2S2. The highest BCUT2D eigenvalue weighted by Gasteiger charge is 2.32. The predicted octanol–water partition coefficient (Wildman–Crippen LogP) is 5.06. The molecule has 4 rings (SSSR count). The van der Waals surface area contributed by atoms with Gasteiger partial charge in [-0.3, -0.25) is 4.72 Å². The summed E-state index contributed by atoms with van der Waals surface area (Å²) in [4.78, 5) is 0.0694. The summed E-state index contributed by atoms with van der Waals surface area (Å²) in [6.07, 6.45) is 0. The first kappa shape index (κ1) is 21.8. The molecule has 0 unspecified atom stereocenters. The second-order valence-corrected chi connectivity index (χ2v) is 9.84. The van der Waals surface area contributed by atoms with E-state index in [-0.39, 0.29) is 15.9 Å². The molecule has 0 saturated heterocycles. The Bertz CT molecular complexity index is 1230. The summed E-state index contributed by atoms with van der Waals surface area (Å²) in [6, 6.07) is 23.1. The zero-order valence-electron chi connectivity index (χ0n) is 16.1. The molecule has 1 heterocycles. The van der Waals surface area contributed by atoms with Crippen molar-refractivity contribution in [3.8, 4) is 0 Å². The summed E-state index contributed by atoms with van der Waals surface area (Å²) in [5, 5.41) is 7.23. The van der Waals surface area contributed by atoms with E-state index in [1.807, 2.05) is 42.5 Å². The molecule has 3 aromatic rings. The van der Waals surface area contributed by atoms with Crippen molar-refractivity contribution < 1.29 is 8.42 Å². The van der Waals surface area contributed by atoms with Crippen LogP contribution in [0.4, 0.5) is 0 Å². The lowest BCUT2D eigenvalue weighted by Gasteiger charge is -2.18. The lowest BCUT2D eigenvalue weighted by Crippen LogP contribution is -2.39. The van der Waals surface area contributed by atoms with E-state index in [4.69, 9.17) is 35.4 Å². The summed E-state index contributed by atoms with van der Waals surface area (Å²) in [5.74, 6) is -0.0830. The fourth-order valence-corrected chi connectivity index (χ4v) is 4.94. The van der Waals surface area contributed by atoms with Gasteiger partial charge in [0, 0.05) is 16.0 Å². The molecule has 0 saturated carbocycles. The molecule has 5 nitrogen and oxygen atoms in total. The summed E-state index contributed by atoms with van der Waals surface area (Å²) in [7, 11) is -3.86. The minimum atomic E-state index is -3.86. The van der Waals surface area contributed by atoms with E-state index < -0.39 is 10.0 Å². The van der Waals surface area contributed by atoms with Crippen molar-refractivity contribution in [3.05, 3.63) is 100 Å². The average molecular weight is 490 g/mol. The highest BCUT2D eigenvalue weighted by atomic mass is 35.5. The van der Waals surface area contributed by atoms with Crippen LogP contribution in [0.15, 0.2) is 88.9 Å². The van der Waals surface area contributed by atoms with Crippen LogP contribution in [0.1, 0.15) is 17.0 Å². The Morgan fingerprint density at radius 2 is 1.52 bits per heavy atom. The van der Waals surface area contributed by atoms with Crippen molar-refractivity contribution in [2.45, 2.75) is 10.8 Å². The van der Waals surface area contributed by atoms with Crippen LogP contribution in [0.25, 0.3) is 0 Å². The van der Waals surface area contributed by atoms with Crippen LogP contribution in [0, 0.1) is 0 Å². The molecule has 0 aliphatic carbocycles. The van der Waals surface area contributed by atoms with Crippen molar-refractivity contribution in [1.29, 1.82) is 0 Å². The fourth-order valence-electron chi connectivity index (χ4n) is 3.30. The number of thiocarbonyl (C=S) groups is 1. The van der Waals surface area contributed by atoms with Gasteiger partial charge >= 0.3 is 0 Å². The van der Waals surface area contributed by atoms with Crippen LogP contribution in [-0.4, -0.2) is 30.8 Å². The van der Waals surface area contributed by atoms with Crippen LogP contribution in [-0.2, 0) is 10.0 Å². The molecule has 9 heteroatoms. The van der Waals surface area contributed by atoms with Gasteiger partial charge in [0.25, 0.3) is 10.0 Å². The van der Waals surface area contributed by atoms with Crippen LogP contribution >= 0.6 is 35.4 Å². The predicted molar refractivity (Wildman–Crippen MR) is 128 cm³/mol. The van der Waals surface area contributed by atoms with E-state index in [0.29, 0.717) is 16.6 Å². The monoisotopic (exact) mass is 489 g/mol. The molecule has 31 heavy (non-hydrogen) atoms. The van der Waals surface area contributed by atoms with E-state index in [2.05, 4.69) is 9.82 Å². The van der Waals surface area contributed by atoms with E-state index in [0.717, 1.165) is 16.8 Å². The third-order valence-corrected chi connectivity index (χ3v) is 7.14. The minimum Gasteiger partial charge on any atom is -0.254 e. The van der Waals surface area contributed by atoms with Gasteiger partial charge in [0.05, 0.1) is 17.2 Å². The van der Waals surface area contributed by atoms with Gasteiger partial charge in [0.1, 0.15) is 0 Å².